The molecule has 1 aromatic heterocycles. The molecule has 0 aromatic carbocycles. The zero-order chi connectivity index (χ0) is 12.3. The smallest absolute Gasteiger partial charge is 0.225 e. The van der Waals surface area contributed by atoms with Crippen molar-refractivity contribution in [1.29, 1.82) is 0 Å². The van der Waals surface area contributed by atoms with E-state index < -0.39 is 5.82 Å². The first-order valence-electron chi connectivity index (χ1n) is 5.28. The number of hydroxylamine groups is 1. The Hall–Kier alpha value is -0.960. The van der Waals surface area contributed by atoms with Crippen molar-refractivity contribution in [2.75, 3.05) is 18.0 Å². The van der Waals surface area contributed by atoms with E-state index in [4.69, 9.17) is 5.14 Å². The van der Waals surface area contributed by atoms with E-state index in [2.05, 4.69) is 9.97 Å². The second-order valence-electron chi connectivity index (χ2n) is 3.85. The van der Waals surface area contributed by atoms with Gasteiger partial charge in [-0.15, -0.1) is 4.47 Å². The van der Waals surface area contributed by atoms with Crippen molar-refractivity contribution in [1.82, 2.24) is 14.4 Å². The van der Waals surface area contributed by atoms with Crippen LogP contribution in [0, 0.1) is 5.82 Å². The van der Waals surface area contributed by atoms with Gasteiger partial charge in [0, 0.05) is 25.2 Å². The predicted molar refractivity (Wildman–Crippen MR) is 62.6 cm³/mol. The Labute approximate surface area is 103 Å². The van der Waals surface area contributed by atoms with E-state index in [0.717, 1.165) is 48.4 Å². The zero-order valence-electron chi connectivity index (χ0n) is 9.16. The van der Waals surface area contributed by atoms with Crippen LogP contribution in [0.2, 0.25) is 0 Å². The summed E-state index contributed by atoms with van der Waals surface area (Å²) >= 11 is 0.792. The number of piperidine rings is 1. The van der Waals surface area contributed by atoms with Crippen LogP contribution in [0.25, 0.3) is 0 Å². The van der Waals surface area contributed by atoms with Gasteiger partial charge in [0.1, 0.15) is 0 Å². The van der Waals surface area contributed by atoms with E-state index >= 15 is 0 Å². The summed E-state index contributed by atoms with van der Waals surface area (Å²) in [6.45, 7) is 1.37. The Bertz CT molecular complexity index is 365. The van der Waals surface area contributed by atoms with Gasteiger partial charge >= 0.3 is 0 Å². The molecule has 1 aliphatic rings. The quantitative estimate of drug-likeness (QED) is 0.614. The van der Waals surface area contributed by atoms with Crippen LogP contribution in [0.15, 0.2) is 12.4 Å². The molecular weight excluding hydrogens is 245 g/mol. The third kappa shape index (κ3) is 3.03. The molecule has 0 aliphatic carbocycles. The van der Waals surface area contributed by atoms with Crippen molar-refractivity contribution < 1.29 is 9.60 Å². The van der Waals surface area contributed by atoms with Gasteiger partial charge in [0.15, 0.2) is 5.82 Å². The van der Waals surface area contributed by atoms with Gasteiger partial charge in [0.05, 0.1) is 18.4 Å². The number of hydrogen-bond donors (Lipinski definition) is 2. The normalized spacial score (nSPS) is 20.9. The fourth-order valence-electron chi connectivity index (χ4n) is 1.87. The lowest BCUT2D eigenvalue weighted by atomic mass is 10.1. The lowest BCUT2D eigenvalue weighted by molar-refractivity contribution is -0.0272. The van der Waals surface area contributed by atoms with Crippen LogP contribution in [-0.2, 0) is 0 Å². The first kappa shape index (κ1) is 12.5. The Morgan fingerprint density at radius 3 is 2.88 bits per heavy atom. The molecule has 1 aliphatic heterocycles. The second kappa shape index (κ2) is 5.58. The summed E-state index contributed by atoms with van der Waals surface area (Å²) in [5.74, 6) is 0.0233. The van der Waals surface area contributed by atoms with E-state index in [0.29, 0.717) is 12.5 Å². The minimum atomic E-state index is -0.455. The molecule has 3 N–H and O–H groups in total. The van der Waals surface area contributed by atoms with Crippen molar-refractivity contribution in [2.24, 2.45) is 5.14 Å². The minimum Gasteiger partial charge on any atom is -0.339 e. The molecule has 1 saturated heterocycles. The highest BCUT2D eigenvalue weighted by molar-refractivity contribution is 7.94. The van der Waals surface area contributed by atoms with E-state index in [-0.39, 0.29) is 6.04 Å². The summed E-state index contributed by atoms with van der Waals surface area (Å²) in [7, 11) is 0. The Morgan fingerprint density at radius 2 is 2.24 bits per heavy atom. The van der Waals surface area contributed by atoms with Gasteiger partial charge in [-0.2, -0.15) is 0 Å². The predicted octanol–water partition coefficient (Wildman–Crippen LogP) is 0.798. The van der Waals surface area contributed by atoms with Crippen molar-refractivity contribution >= 4 is 18.1 Å². The van der Waals surface area contributed by atoms with Crippen molar-refractivity contribution in [3.8, 4) is 0 Å². The van der Waals surface area contributed by atoms with Crippen molar-refractivity contribution in [3.63, 3.8) is 0 Å². The monoisotopic (exact) mass is 259 g/mol. The highest BCUT2D eigenvalue weighted by Crippen LogP contribution is 2.20. The number of nitrogens with zero attached hydrogens (tertiary/aromatic N) is 4. The van der Waals surface area contributed by atoms with Gasteiger partial charge in [-0.05, 0) is 12.8 Å². The molecule has 0 radical (unpaired) electrons. The lowest BCUT2D eigenvalue weighted by Crippen LogP contribution is -2.45. The third-order valence-corrected chi connectivity index (χ3v) is 3.22. The van der Waals surface area contributed by atoms with Crippen molar-refractivity contribution in [2.45, 2.75) is 18.9 Å². The molecule has 0 saturated carbocycles. The van der Waals surface area contributed by atoms with Crippen LogP contribution in [0.5, 0.6) is 0 Å². The molecule has 0 bridgehead atoms. The third-order valence-electron chi connectivity index (χ3n) is 2.71. The number of halogens is 1. The summed E-state index contributed by atoms with van der Waals surface area (Å²) < 4.78 is 13.7. The average molecular weight is 259 g/mol. The van der Waals surface area contributed by atoms with Gasteiger partial charge in [-0.3, -0.25) is 5.14 Å². The maximum Gasteiger partial charge on any atom is 0.225 e. The summed E-state index contributed by atoms with van der Waals surface area (Å²) in [4.78, 5) is 9.76. The molecule has 6 nitrogen and oxygen atoms in total. The molecule has 94 valence electrons. The molecule has 1 unspecified atom stereocenters. The van der Waals surface area contributed by atoms with Gasteiger partial charge < -0.3 is 10.1 Å². The fraction of sp³-hybridized carbons (Fsp3) is 0.556. The topological polar surface area (TPSA) is 78.5 Å². The van der Waals surface area contributed by atoms with E-state index in [9.17, 15) is 9.60 Å². The van der Waals surface area contributed by atoms with Gasteiger partial charge in [-0.25, -0.2) is 14.4 Å². The molecule has 2 rings (SSSR count). The SMILES string of the molecule is NSN(O)C1CCCN(c2ncc(F)cn2)C1. The zero-order valence-corrected chi connectivity index (χ0v) is 9.98. The molecule has 0 amide bonds. The number of hydrogen-bond acceptors (Lipinski definition) is 7. The first-order chi connectivity index (χ1) is 8.20. The van der Waals surface area contributed by atoms with Crippen LogP contribution < -0.4 is 10.0 Å². The Morgan fingerprint density at radius 1 is 1.53 bits per heavy atom. The maximum atomic E-state index is 12.7. The molecule has 2 heterocycles. The number of nitrogens with two attached hydrogens (primary N) is 1. The van der Waals surface area contributed by atoms with E-state index in [1.165, 1.54) is 0 Å². The van der Waals surface area contributed by atoms with Crippen LogP contribution in [0.1, 0.15) is 12.8 Å². The Balaban J connectivity index is 2.04. The molecule has 1 fully saturated rings. The summed E-state index contributed by atoms with van der Waals surface area (Å²) in [6, 6.07) is -0.0626. The highest BCUT2D eigenvalue weighted by atomic mass is 32.2. The van der Waals surface area contributed by atoms with E-state index in [1.54, 1.807) is 0 Å². The molecule has 8 heteroatoms. The molecule has 17 heavy (non-hydrogen) atoms. The van der Waals surface area contributed by atoms with Gasteiger partial charge in [-0.1, -0.05) is 0 Å². The van der Waals surface area contributed by atoms with E-state index in [1.807, 2.05) is 4.90 Å². The molecule has 0 spiro atoms. The molecular formula is C9H14FN5OS. The number of aromatic nitrogens is 2. The number of rotatable bonds is 3. The van der Waals surface area contributed by atoms with Gasteiger partial charge in [0.2, 0.25) is 5.95 Å². The highest BCUT2D eigenvalue weighted by Gasteiger charge is 2.25. The first-order valence-corrected chi connectivity index (χ1v) is 6.12. The fourth-order valence-corrected chi connectivity index (χ4v) is 2.22. The molecule has 1 atom stereocenters. The Kier molecular flexibility index (Phi) is 4.11. The summed E-state index contributed by atoms with van der Waals surface area (Å²) in [5.41, 5.74) is 0. The van der Waals surface area contributed by atoms with Crippen LogP contribution in [0.4, 0.5) is 10.3 Å². The second-order valence-corrected chi connectivity index (χ2v) is 4.44. The molecule has 1 aromatic rings. The minimum absolute atomic E-state index is 0.0626. The van der Waals surface area contributed by atoms with Gasteiger partial charge in [0.25, 0.3) is 0 Å². The van der Waals surface area contributed by atoms with Crippen molar-refractivity contribution in [3.05, 3.63) is 18.2 Å². The summed E-state index contributed by atoms with van der Waals surface area (Å²) in [6.07, 6.45) is 4.04. The number of anilines is 1. The standard InChI is InChI=1S/C9H14FN5OS/c10-7-4-12-9(13-5-7)14-3-1-2-8(6-14)15(16)17-11/h4-5,8,16H,1-3,6,11H2. The van der Waals surface area contributed by atoms with Crippen LogP contribution >= 0.6 is 12.1 Å². The summed E-state index contributed by atoms with van der Waals surface area (Å²) in [5, 5.41) is 14.8. The largest absolute Gasteiger partial charge is 0.339 e. The van der Waals surface area contributed by atoms with Crippen LogP contribution in [-0.4, -0.2) is 38.8 Å². The lowest BCUT2D eigenvalue weighted by Gasteiger charge is -2.34. The average Bonchev–Trinajstić information content (AvgIpc) is 2.39. The van der Waals surface area contributed by atoms with Crippen LogP contribution in [0.3, 0.4) is 0 Å². The maximum absolute atomic E-state index is 12.7.